The van der Waals surface area contributed by atoms with Crippen LogP contribution >= 0.6 is 0 Å². The molecule has 0 saturated heterocycles. The van der Waals surface area contributed by atoms with Crippen molar-refractivity contribution in [2.45, 2.75) is 91.4 Å². The molecule has 0 amide bonds. The summed E-state index contributed by atoms with van der Waals surface area (Å²) < 4.78 is 10.3. The van der Waals surface area contributed by atoms with Crippen molar-refractivity contribution in [3.8, 4) is 0 Å². The van der Waals surface area contributed by atoms with Crippen LogP contribution in [0.3, 0.4) is 0 Å². The SMILES string of the molecule is CCCCC1C=CC(/C=C/CCCCCCCC(=O)OCC)C(C(=O)OCC)C1. The van der Waals surface area contributed by atoms with E-state index < -0.39 is 0 Å². The topological polar surface area (TPSA) is 52.6 Å². The molecule has 3 atom stereocenters. The second-order valence-electron chi connectivity index (χ2n) is 8.00. The molecule has 0 bridgehead atoms. The highest BCUT2D eigenvalue weighted by Gasteiger charge is 2.31. The van der Waals surface area contributed by atoms with Crippen molar-refractivity contribution in [3.05, 3.63) is 24.3 Å². The van der Waals surface area contributed by atoms with Gasteiger partial charge in [0.25, 0.3) is 0 Å². The van der Waals surface area contributed by atoms with E-state index in [4.69, 9.17) is 9.47 Å². The Morgan fingerprint density at radius 1 is 0.931 bits per heavy atom. The minimum atomic E-state index is -0.0796. The predicted octanol–water partition coefficient (Wildman–Crippen LogP) is 6.40. The van der Waals surface area contributed by atoms with E-state index in [2.05, 4.69) is 31.2 Å². The van der Waals surface area contributed by atoms with Crippen LogP contribution in [0.5, 0.6) is 0 Å². The molecule has 0 saturated carbocycles. The standard InChI is InChI=1S/C25H42O4/c1-4-7-15-21-18-19-22(23(20-21)25(27)29-6-3)16-13-11-9-8-10-12-14-17-24(26)28-5-2/h13,16,18-19,21-23H,4-12,14-15,17,20H2,1-3H3/b16-13+. The van der Waals surface area contributed by atoms with Crippen LogP contribution < -0.4 is 0 Å². The lowest BCUT2D eigenvalue weighted by atomic mass is 9.77. The van der Waals surface area contributed by atoms with Gasteiger partial charge >= 0.3 is 11.9 Å². The quantitative estimate of drug-likeness (QED) is 0.179. The molecule has 0 aromatic heterocycles. The Balaban J connectivity index is 2.32. The van der Waals surface area contributed by atoms with E-state index in [-0.39, 0.29) is 23.8 Å². The van der Waals surface area contributed by atoms with Crippen LogP contribution in [0.25, 0.3) is 0 Å². The molecular weight excluding hydrogens is 364 g/mol. The molecule has 0 heterocycles. The second kappa shape index (κ2) is 16.2. The molecule has 3 unspecified atom stereocenters. The molecule has 0 aliphatic heterocycles. The molecule has 0 N–H and O–H groups in total. The Hall–Kier alpha value is -1.58. The number of ether oxygens (including phenoxy) is 2. The van der Waals surface area contributed by atoms with Crippen molar-refractivity contribution < 1.29 is 19.1 Å². The van der Waals surface area contributed by atoms with E-state index in [1.807, 2.05) is 13.8 Å². The first-order valence-electron chi connectivity index (χ1n) is 11.8. The first-order chi connectivity index (χ1) is 14.1. The average molecular weight is 407 g/mol. The van der Waals surface area contributed by atoms with E-state index in [0.717, 1.165) is 44.9 Å². The summed E-state index contributed by atoms with van der Waals surface area (Å²) in [6.07, 6.45) is 20.5. The smallest absolute Gasteiger partial charge is 0.309 e. The van der Waals surface area contributed by atoms with Crippen LogP contribution in [0, 0.1) is 17.8 Å². The average Bonchev–Trinajstić information content (AvgIpc) is 2.71. The Morgan fingerprint density at radius 2 is 1.66 bits per heavy atom. The van der Waals surface area contributed by atoms with E-state index in [9.17, 15) is 9.59 Å². The first-order valence-corrected chi connectivity index (χ1v) is 11.8. The van der Waals surface area contributed by atoms with Gasteiger partial charge in [-0.05, 0) is 51.9 Å². The number of hydrogen-bond donors (Lipinski definition) is 0. The van der Waals surface area contributed by atoms with Gasteiger partial charge in [-0.2, -0.15) is 0 Å². The number of carbonyl (C=O) groups excluding carboxylic acids is 2. The Bertz CT molecular complexity index is 509. The van der Waals surface area contributed by atoms with E-state index in [1.165, 1.54) is 19.3 Å². The Kier molecular flexibility index (Phi) is 14.3. The number of unbranched alkanes of at least 4 members (excludes halogenated alkanes) is 6. The molecule has 0 aromatic rings. The van der Waals surface area contributed by atoms with Crippen LogP contribution in [0.1, 0.15) is 91.4 Å². The summed E-state index contributed by atoms with van der Waals surface area (Å²) in [6, 6.07) is 0. The molecule has 166 valence electrons. The fourth-order valence-electron chi connectivity index (χ4n) is 3.91. The summed E-state index contributed by atoms with van der Waals surface area (Å²) >= 11 is 0. The van der Waals surface area contributed by atoms with Crippen molar-refractivity contribution in [2.75, 3.05) is 13.2 Å². The molecule has 0 fully saturated rings. The third-order valence-electron chi connectivity index (χ3n) is 5.56. The van der Waals surface area contributed by atoms with Crippen LogP contribution in [-0.4, -0.2) is 25.2 Å². The van der Waals surface area contributed by atoms with Gasteiger partial charge in [-0.25, -0.2) is 0 Å². The molecule has 1 aliphatic carbocycles. The van der Waals surface area contributed by atoms with Crippen LogP contribution in [-0.2, 0) is 19.1 Å². The fourth-order valence-corrected chi connectivity index (χ4v) is 3.91. The zero-order valence-corrected chi connectivity index (χ0v) is 18.9. The van der Waals surface area contributed by atoms with Gasteiger partial charge in [0.2, 0.25) is 0 Å². The largest absolute Gasteiger partial charge is 0.466 e. The molecule has 4 nitrogen and oxygen atoms in total. The highest BCUT2D eigenvalue weighted by molar-refractivity contribution is 5.73. The lowest BCUT2D eigenvalue weighted by molar-refractivity contribution is -0.149. The second-order valence-corrected chi connectivity index (χ2v) is 8.00. The Morgan fingerprint density at radius 3 is 2.38 bits per heavy atom. The van der Waals surface area contributed by atoms with Gasteiger partial charge in [0.15, 0.2) is 0 Å². The highest BCUT2D eigenvalue weighted by atomic mass is 16.5. The summed E-state index contributed by atoms with van der Waals surface area (Å²) in [5, 5.41) is 0. The summed E-state index contributed by atoms with van der Waals surface area (Å²) in [5.74, 6) is 0.500. The molecule has 1 aliphatic rings. The van der Waals surface area contributed by atoms with Crippen LogP contribution in [0.15, 0.2) is 24.3 Å². The minimum Gasteiger partial charge on any atom is -0.466 e. The van der Waals surface area contributed by atoms with Crippen LogP contribution in [0.4, 0.5) is 0 Å². The zero-order valence-electron chi connectivity index (χ0n) is 18.9. The van der Waals surface area contributed by atoms with Gasteiger partial charge in [0.1, 0.15) is 0 Å². The molecule has 1 rings (SSSR count). The fraction of sp³-hybridized carbons (Fsp3) is 0.760. The van der Waals surface area contributed by atoms with Crippen molar-refractivity contribution >= 4 is 11.9 Å². The molecule has 4 heteroatoms. The van der Waals surface area contributed by atoms with E-state index >= 15 is 0 Å². The number of allylic oxidation sites excluding steroid dienone is 4. The monoisotopic (exact) mass is 406 g/mol. The summed E-state index contributed by atoms with van der Waals surface area (Å²) in [5.41, 5.74) is 0. The first kappa shape index (κ1) is 25.5. The highest BCUT2D eigenvalue weighted by Crippen LogP contribution is 2.33. The zero-order chi connectivity index (χ0) is 21.3. The van der Waals surface area contributed by atoms with Crippen LogP contribution in [0.2, 0.25) is 0 Å². The molecule has 29 heavy (non-hydrogen) atoms. The maximum Gasteiger partial charge on any atom is 0.309 e. The molecule has 0 aromatic carbocycles. The summed E-state index contributed by atoms with van der Waals surface area (Å²) in [7, 11) is 0. The van der Waals surface area contributed by atoms with Crippen molar-refractivity contribution in [3.63, 3.8) is 0 Å². The van der Waals surface area contributed by atoms with Gasteiger partial charge in [0, 0.05) is 12.3 Å². The number of carbonyl (C=O) groups is 2. The van der Waals surface area contributed by atoms with E-state index in [1.54, 1.807) is 0 Å². The van der Waals surface area contributed by atoms with Crippen molar-refractivity contribution in [2.24, 2.45) is 17.8 Å². The van der Waals surface area contributed by atoms with Gasteiger partial charge < -0.3 is 9.47 Å². The maximum atomic E-state index is 12.4. The minimum absolute atomic E-state index is 0.0408. The predicted molar refractivity (Wildman–Crippen MR) is 118 cm³/mol. The van der Waals surface area contributed by atoms with Gasteiger partial charge in [-0.15, -0.1) is 0 Å². The summed E-state index contributed by atoms with van der Waals surface area (Å²) in [4.78, 5) is 23.7. The molecular formula is C25H42O4. The lowest BCUT2D eigenvalue weighted by Gasteiger charge is -2.28. The van der Waals surface area contributed by atoms with Gasteiger partial charge in [-0.1, -0.05) is 63.3 Å². The third kappa shape index (κ3) is 11.3. The number of hydrogen-bond acceptors (Lipinski definition) is 4. The van der Waals surface area contributed by atoms with Gasteiger partial charge in [0.05, 0.1) is 19.1 Å². The lowest BCUT2D eigenvalue weighted by Crippen LogP contribution is -2.29. The van der Waals surface area contributed by atoms with Crippen molar-refractivity contribution in [1.82, 2.24) is 0 Å². The summed E-state index contributed by atoms with van der Waals surface area (Å²) in [6.45, 7) is 6.85. The van der Waals surface area contributed by atoms with E-state index in [0.29, 0.717) is 25.6 Å². The maximum absolute atomic E-state index is 12.4. The number of esters is 2. The molecule has 0 spiro atoms. The Labute approximate surface area is 178 Å². The number of rotatable bonds is 15. The van der Waals surface area contributed by atoms with Gasteiger partial charge in [-0.3, -0.25) is 9.59 Å². The third-order valence-corrected chi connectivity index (χ3v) is 5.56. The van der Waals surface area contributed by atoms with Crippen molar-refractivity contribution in [1.29, 1.82) is 0 Å². The normalized spacial score (nSPS) is 21.4. The molecule has 0 radical (unpaired) electrons.